The fourth-order valence-corrected chi connectivity index (χ4v) is 3.42. The smallest absolute Gasteiger partial charge is 0.255 e. The molecule has 0 radical (unpaired) electrons. The first kappa shape index (κ1) is 16.2. The van der Waals surface area contributed by atoms with Gasteiger partial charge in [0, 0.05) is 24.8 Å². The second kappa shape index (κ2) is 6.55. The summed E-state index contributed by atoms with van der Waals surface area (Å²) < 4.78 is 1.50. The largest absolute Gasteiger partial charge is 0.366 e. The summed E-state index contributed by atoms with van der Waals surface area (Å²) in [5, 5.41) is 11.3. The number of pyridine rings is 1. The topological polar surface area (TPSA) is 106 Å². The highest BCUT2D eigenvalue weighted by Gasteiger charge is 2.27. The van der Waals surface area contributed by atoms with Gasteiger partial charge in [-0.1, -0.05) is 12.1 Å². The molecule has 0 unspecified atom stereocenters. The molecule has 4 rings (SSSR count). The minimum Gasteiger partial charge on any atom is -0.366 e. The van der Waals surface area contributed by atoms with E-state index in [9.17, 15) is 9.59 Å². The number of aromatic nitrogens is 4. The Morgan fingerprint density at radius 3 is 2.92 bits per heavy atom. The maximum atomic E-state index is 12.7. The van der Waals surface area contributed by atoms with Gasteiger partial charge in [0.25, 0.3) is 5.91 Å². The molecule has 26 heavy (non-hydrogen) atoms. The highest BCUT2D eigenvalue weighted by Crippen LogP contribution is 2.23. The molecule has 8 heteroatoms. The van der Waals surface area contributed by atoms with Crippen LogP contribution in [-0.2, 0) is 6.42 Å². The Morgan fingerprint density at radius 1 is 1.19 bits per heavy atom. The van der Waals surface area contributed by atoms with Crippen LogP contribution in [0.25, 0.3) is 5.65 Å². The number of tetrazole rings is 1. The van der Waals surface area contributed by atoms with E-state index < -0.39 is 5.91 Å². The average Bonchev–Trinajstić information content (AvgIpc) is 3.30. The van der Waals surface area contributed by atoms with E-state index >= 15 is 0 Å². The van der Waals surface area contributed by atoms with Gasteiger partial charge in [-0.2, -0.15) is 4.52 Å². The molecular weight excluding hydrogens is 332 g/mol. The summed E-state index contributed by atoms with van der Waals surface area (Å²) in [4.78, 5) is 25.9. The second-order valence-electron chi connectivity index (χ2n) is 6.57. The molecule has 1 atom stereocenters. The number of primary amides is 1. The van der Waals surface area contributed by atoms with E-state index in [1.165, 1.54) is 4.52 Å². The Labute approximate surface area is 149 Å². The van der Waals surface area contributed by atoms with Gasteiger partial charge < -0.3 is 10.6 Å². The standard InChI is InChI=1S/C18H18N6O2/c19-17(25)14-3-1-2-12(9-14)8-13-6-7-23(10-13)18(26)15-4-5-16-20-21-22-24(16)11-15/h1-5,9,11,13H,6-8,10H2,(H2,19,25)/t13-/m1/s1. The van der Waals surface area contributed by atoms with Crippen LogP contribution in [-0.4, -0.2) is 49.8 Å². The van der Waals surface area contributed by atoms with Crippen LogP contribution in [0, 0.1) is 5.92 Å². The lowest BCUT2D eigenvalue weighted by molar-refractivity contribution is 0.0786. The Hall–Kier alpha value is -3.29. The quantitative estimate of drug-likeness (QED) is 0.753. The molecule has 2 amide bonds. The number of nitrogens with two attached hydrogens (primary N) is 1. The molecule has 1 saturated heterocycles. The van der Waals surface area contributed by atoms with Crippen molar-refractivity contribution in [3.63, 3.8) is 0 Å². The van der Waals surface area contributed by atoms with Gasteiger partial charge in [-0.15, -0.1) is 5.10 Å². The molecule has 3 aromatic rings. The zero-order valence-corrected chi connectivity index (χ0v) is 14.1. The average molecular weight is 350 g/mol. The Morgan fingerprint density at radius 2 is 2.08 bits per heavy atom. The number of carbonyl (C=O) groups excluding carboxylic acids is 2. The molecule has 0 aliphatic carbocycles. The van der Waals surface area contributed by atoms with Crippen molar-refractivity contribution in [3.8, 4) is 0 Å². The van der Waals surface area contributed by atoms with Crippen molar-refractivity contribution < 1.29 is 9.59 Å². The molecular formula is C18H18N6O2. The van der Waals surface area contributed by atoms with Crippen LogP contribution in [0.4, 0.5) is 0 Å². The highest BCUT2D eigenvalue weighted by atomic mass is 16.2. The third kappa shape index (κ3) is 3.13. The van der Waals surface area contributed by atoms with Crippen LogP contribution in [0.3, 0.4) is 0 Å². The third-order valence-electron chi connectivity index (χ3n) is 4.75. The third-order valence-corrected chi connectivity index (χ3v) is 4.75. The maximum Gasteiger partial charge on any atom is 0.255 e. The first-order valence-electron chi connectivity index (χ1n) is 8.46. The van der Waals surface area contributed by atoms with E-state index in [0.29, 0.717) is 35.8 Å². The zero-order chi connectivity index (χ0) is 18.1. The van der Waals surface area contributed by atoms with E-state index in [4.69, 9.17) is 5.73 Å². The summed E-state index contributed by atoms with van der Waals surface area (Å²) in [5.41, 5.74) is 8.10. The van der Waals surface area contributed by atoms with E-state index in [1.54, 1.807) is 24.4 Å². The number of nitrogens with zero attached hydrogens (tertiary/aromatic N) is 5. The molecule has 2 aromatic heterocycles. The number of carbonyl (C=O) groups is 2. The van der Waals surface area contributed by atoms with Crippen LogP contribution in [0.15, 0.2) is 42.6 Å². The number of hydrogen-bond donors (Lipinski definition) is 1. The van der Waals surface area contributed by atoms with Crippen LogP contribution >= 0.6 is 0 Å². The number of likely N-dealkylation sites (tertiary alicyclic amines) is 1. The fourth-order valence-electron chi connectivity index (χ4n) is 3.42. The van der Waals surface area contributed by atoms with Crippen LogP contribution in [0.5, 0.6) is 0 Å². The normalized spacial score (nSPS) is 16.9. The van der Waals surface area contributed by atoms with E-state index in [0.717, 1.165) is 18.4 Å². The highest BCUT2D eigenvalue weighted by molar-refractivity contribution is 5.94. The number of amides is 2. The van der Waals surface area contributed by atoms with Crippen molar-refractivity contribution in [2.24, 2.45) is 11.7 Å². The number of rotatable bonds is 4. The van der Waals surface area contributed by atoms with Gasteiger partial charge >= 0.3 is 0 Å². The summed E-state index contributed by atoms with van der Waals surface area (Å²) in [6, 6.07) is 10.9. The molecule has 1 aliphatic rings. The van der Waals surface area contributed by atoms with Gasteiger partial charge in [-0.05, 0) is 59.0 Å². The van der Waals surface area contributed by atoms with Gasteiger partial charge in [0.2, 0.25) is 5.91 Å². The van der Waals surface area contributed by atoms with Gasteiger partial charge in [-0.3, -0.25) is 9.59 Å². The van der Waals surface area contributed by atoms with Crippen molar-refractivity contribution in [2.45, 2.75) is 12.8 Å². The predicted molar refractivity (Wildman–Crippen MR) is 93.5 cm³/mol. The van der Waals surface area contributed by atoms with Crippen molar-refractivity contribution in [1.29, 1.82) is 0 Å². The van der Waals surface area contributed by atoms with E-state index in [2.05, 4.69) is 15.5 Å². The molecule has 1 aromatic carbocycles. The van der Waals surface area contributed by atoms with E-state index in [-0.39, 0.29) is 5.91 Å². The van der Waals surface area contributed by atoms with Gasteiger partial charge in [0.05, 0.1) is 5.56 Å². The number of fused-ring (bicyclic) bond motifs is 1. The molecule has 1 fully saturated rings. The molecule has 0 bridgehead atoms. The van der Waals surface area contributed by atoms with Crippen molar-refractivity contribution in [2.75, 3.05) is 13.1 Å². The molecule has 0 spiro atoms. The van der Waals surface area contributed by atoms with Gasteiger partial charge in [-0.25, -0.2) is 0 Å². The van der Waals surface area contributed by atoms with Crippen LogP contribution < -0.4 is 5.73 Å². The Kier molecular flexibility index (Phi) is 4.08. The zero-order valence-electron chi connectivity index (χ0n) is 14.1. The summed E-state index contributed by atoms with van der Waals surface area (Å²) >= 11 is 0. The van der Waals surface area contributed by atoms with Crippen molar-refractivity contribution in [1.82, 2.24) is 24.9 Å². The fraction of sp³-hybridized carbons (Fsp3) is 0.278. The monoisotopic (exact) mass is 350 g/mol. The minimum atomic E-state index is -0.423. The summed E-state index contributed by atoms with van der Waals surface area (Å²) in [7, 11) is 0. The summed E-state index contributed by atoms with van der Waals surface area (Å²) in [5.74, 6) is -0.0808. The Balaban J connectivity index is 1.43. The first-order valence-corrected chi connectivity index (χ1v) is 8.46. The number of benzene rings is 1. The molecule has 0 saturated carbocycles. The van der Waals surface area contributed by atoms with Crippen molar-refractivity contribution >= 4 is 17.5 Å². The van der Waals surface area contributed by atoms with Crippen LogP contribution in [0.2, 0.25) is 0 Å². The number of hydrogen-bond acceptors (Lipinski definition) is 5. The molecule has 3 heterocycles. The summed E-state index contributed by atoms with van der Waals surface area (Å²) in [6.45, 7) is 1.40. The maximum absolute atomic E-state index is 12.7. The molecule has 2 N–H and O–H groups in total. The first-order chi connectivity index (χ1) is 12.6. The molecule has 132 valence electrons. The predicted octanol–water partition coefficient (Wildman–Crippen LogP) is 0.928. The molecule has 1 aliphatic heterocycles. The SMILES string of the molecule is NC(=O)c1cccc(C[C@H]2CCN(C(=O)c3ccc4nnnn4c3)C2)c1. The van der Waals surface area contributed by atoms with Crippen LogP contribution in [0.1, 0.15) is 32.7 Å². The lowest BCUT2D eigenvalue weighted by atomic mass is 9.97. The second-order valence-corrected chi connectivity index (χ2v) is 6.57. The van der Waals surface area contributed by atoms with Crippen molar-refractivity contribution in [3.05, 3.63) is 59.3 Å². The van der Waals surface area contributed by atoms with Gasteiger partial charge in [0.1, 0.15) is 0 Å². The lowest BCUT2D eigenvalue weighted by Crippen LogP contribution is -2.29. The van der Waals surface area contributed by atoms with Gasteiger partial charge in [0.15, 0.2) is 5.65 Å². The summed E-state index contributed by atoms with van der Waals surface area (Å²) in [6.07, 6.45) is 3.40. The minimum absolute atomic E-state index is 0.0178. The Bertz CT molecular complexity index is 982. The molecule has 8 nitrogen and oxygen atoms in total. The van der Waals surface area contributed by atoms with E-state index in [1.807, 2.05) is 23.1 Å². The lowest BCUT2D eigenvalue weighted by Gasteiger charge is -2.16.